The second-order valence-corrected chi connectivity index (χ2v) is 3.77. The van der Waals surface area contributed by atoms with Crippen LogP contribution in [-0.2, 0) is 4.79 Å². The zero-order valence-corrected chi connectivity index (χ0v) is 8.62. The third kappa shape index (κ3) is 3.31. The van der Waals surface area contributed by atoms with Crippen molar-refractivity contribution in [3.05, 3.63) is 12.2 Å². The largest absolute Gasteiger partial charge is 0.300 e. The van der Waals surface area contributed by atoms with Gasteiger partial charge in [-0.15, -0.1) is 0 Å². The van der Waals surface area contributed by atoms with E-state index >= 15 is 0 Å². The predicted molar refractivity (Wildman–Crippen MR) is 54.7 cm³/mol. The van der Waals surface area contributed by atoms with Crippen molar-refractivity contribution in [1.29, 1.82) is 0 Å². The standard InChI is InChI=1S/C11H19NO/c1-3-10(2)11(13)6-4-7-12-8-5-9-12/h4,6,10H,3,5,7-9H2,1-2H3/b6-4+. The zero-order valence-electron chi connectivity index (χ0n) is 8.62. The van der Waals surface area contributed by atoms with Gasteiger partial charge in [-0.25, -0.2) is 0 Å². The smallest absolute Gasteiger partial charge is 0.158 e. The van der Waals surface area contributed by atoms with E-state index in [9.17, 15) is 4.79 Å². The Hall–Kier alpha value is -0.630. The molecule has 1 unspecified atom stereocenters. The summed E-state index contributed by atoms with van der Waals surface area (Å²) in [6.45, 7) is 7.37. The SMILES string of the molecule is CCC(C)C(=O)/C=C/CN1CCC1. The Balaban J connectivity index is 2.17. The van der Waals surface area contributed by atoms with Gasteiger partial charge in [-0.05, 0) is 32.0 Å². The lowest BCUT2D eigenvalue weighted by molar-refractivity contribution is -0.117. The van der Waals surface area contributed by atoms with Crippen molar-refractivity contribution in [3.63, 3.8) is 0 Å². The molecule has 13 heavy (non-hydrogen) atoms. The number of ketones is 1. The summed E-state index contributed by atoms with van der Waals surface area (Å²) in [4.78, 5) is 13.7. The monoisotopic (exact) mass is 181 g/mol. The average Bonchev–Trinajstić information content (AvgIpc) is 2.07. The quantitative estimate of drug-likeness (QED) is 0.603. The van der Waals surface area contributed by atoms with E-state index in [4.69, 9.17) is 0 Å². The van der Waals surface area contributed by atoms with Crippen LogP contribution in [0.15, 0.2) is 12.2 Å². The molecule has 1 saturated heterocycles. The van der Waals surface area contributed by atoms with Gasteiger partial charge in [0.1, 0.15) is 0 Å². The summed E-state index contributed by atoms with van der Waals surface area (Å²) in [5.41, 5.74) is 0. The molecule has 1 rings (SSSR count). The van der Waals surface area contributed by atoms with E-state index in [1.807, 2.05) is 19.9 Å². The van der Waals surface area contributed by atoms with Gasteiger partial charge in [0.05, 0.1) is 0 Å². The Bertz CT molecular complexity index is 194. The Kier molecular flexibility index (Phi) is 4.16. The third-order valence-electron chi connectivity index (χ3n) is 2.69. The third-order valence-corrected chi connectivity index (χ3v) is 2.69. The number of hydrogen-bond donors (Lipinski definition) is 0. The summed E-state index contributed by atoms with van der Waals surface area (Å²) in [6, 6.07) is 0. The van der Waals surface area contributed by atoms with E-state index in [2.05, 4.69) is 4.90 Å². The molecule has 1 atom stereocenters. The van der Waals surface area contributed by atoms with Crippen LogP contribution in [0.4, 0.5) is 0 Å². The molecule has 0 aromatic heterocycles. The highest BCUT2D eigenvalue weighted by molar-refractivity contribution is 5.91. The first-order chi connectivity index (χ1) is 6.24. The molecule has 0 bridgehead atoms. The van der Waals surface area contributed by atoms with Crippen molar-refractivity contribution in [2.45, 2.75) is 26.7 Å². The normalized spacial score (nSPS) is 20.2. The van der Waals surface area contributed by atoms with Crippen molar-refractivity contribution in [2.24, 2.45) is 5.92 Å². The van der Waals surface area contributed by atoms with Crippen molar-refractivity contribution < 1.29 is 4.79 Å². The van der Waals surface area contributed by atoms with Gasteiger partial charge in [0.2, 0.25) is 0 Å². The van der Waals surface area contributed by atoms with Crippen molar-refractivity contribution >= 4 is 5.78 Å². The first-order valence-corrected chi connectivity index (χ1v) is 5.16. The highest BCUT2D eigenvalue weighted by Crippen LogP contribution is 2.06. The molecule has 2 nitrogen and oxygen atoms in total. The summed E-state index contributed by atoms with van der Waals surface area (Å²) in [7, 11) is 0. The van der Waals surface area contributed by atoms with Crippen LogP contribution in [0, 0.1) is 5.92 Å². The summed E-state index contributed by atoms with van der Waals surface area (Å²) < 4.78 is 0. The van der Waals surface area contributed by atoms with Crippen molar-refractivity contribution in [1.82, 2.24) is 4.90 Å². The summed E-state index contributed by atoms with van der Waals surface area (Å²) >= 11 is 0. The molecule has 1 fully saturated rings. The van der Waals surface area contributed by atoms with E-state index < -0.39 is 0 Å². The maximum Gasteiger partial charge on any atom is 0.158 e. The molecule has 0 aromatic rings. The van der Waals surface area contributed by atoms with Gasteiger partial charge >= 0.3 is 0 Å². The molecule has 0 saturated carbocycles. The fraction of sp³-hybridized carbons (Fsp3) is 0.727. The number of likely N-dealkylation sites (tertiary alicyclic amines) is 1. The fourth-order valence-corrected chi connectivity index (χ4v) is 1.25. The highest BCUT2D eigenvalue weighted by Gasteiger charge is 2.11. The lowest BCUT2D eigenvalue weighted by Crippen LogP contribution is -2.37. The van der Waals surface area contributed by atoms with Gasteiger partial charge in [-0.2, -0.15) is 0 Å². The fourth-order valence-electron chi connectivity index (χ4n) is 1.25. The molecule has 1 aliphatic heterocycles. The number of carbonyl (C=O) groups excluding carboxylic acids is 1. The molecule has 0 aromatic carbocycles. The average molecular weight is 181 g/mol. The van der Waals surface area contributed by atoms with E-state index in [-0.39, 0.29) is 11.7 Å². The van der Waals surface area contributed by atoms with Crippen LogP contribution >= 0.6 is 0 Å². The van der Waals surface area contributed by atoms with Crippen molar-refractivity contribution in [2.75, 3.05) is 19.6 Å². The Labute approximate surface area is 80.6 Å². The van der Waals surface area contributed by atoms with Crippen LogP contribution in [0.25, 0.3) is 0 Å². The predicted octanol–water partition coefficient (Wildman–Crippen LogP) is 1.86. The number of hydrogen-bond acceptors (Lipinski definition) is 2. The van der Waals surface area contributed by atoms with Gasteiger partial charge in [0, 0.05) is 12.5 Å². The molecule has 2 heteroatoms. The minimum absolute atomic E-state index is 0.188. The highest BCUT2D eigenvalue weighted by atomic mass is 16.1. The number of rotatable bonds is 5. The second kappa shape index (κ2) is 5.18. The molecular formula is C11H19NO. The molecule has 0 amide bonds. The van der Waals surface area contributed by atoms with E-state index in [0.717, 1.165) is 13.0 Å². The molecule has 0 spiro atoms. The van der Waals surface area contributed by atoms with Gasteiger partial charge < -0.3 is 0 Å². The summed E-state index contributed by atoms with van der Waals surface area (Å²) in [6.07, 6.45) is 5.99. The summed E-state index contributed by atoms with van der Waals surface area (Å²) in [5, 5.41) is 0. The van der Waals surface area contributed by atoms with Crippen LogP contribution in [0.1, 0.15) is 26.7 Å². The van der Waals surface area contributed by atoms with Crippen LogP contribution < -0.4 is 0 Å². The molecule has 0 aliphatic carbocycles. The van der Waals surface area contributed by atoms with Crippen LogP contribution in [0.2, 0.25) is 0 Å². The molecule has 0 radical (unpaired) electrons. The van der Waals surface area contributed by atoms with E-state index in [1.54, 1.807) is 6.08 Å². The lowest BCUT2D eigenvalue weighted by Gasteiger charge is -2.29. The number of allylic oxidation sites excluding steroid dienone is 1. The molecule has 1 heterocycles. The Morgan fingerprint density at radius 1 is 1.54 bits per heavy atom. The van der Waals surface area contributed by atoms with Crippen LogP contribution in [0.5, 0.6) is 0 Å². The number of carbonyl (C=O) groups is 1. The first kappa shape index (κ1) is 10.5. The zero-order chi connectivity index (χ0) is 9.68. The van der Waals surface area contributed by atoms with Crippen LogP contribution in [0.3, 0.4) is 0 Å². The minimum Gasteiger partial charge on any atom is -0.300 e. The van der Waals surface area contributed by atoms with Gasteiger partial charge in [-0.1, -0.05) is 19.9 Å². The second-order valence-electron chi connectivity index (χ2n) is 3.77. The minimum atomic E-state index is 0.188. The van der Waals surface area contributed by atoms with Crippen molar-refractivity contribution in [3.8, 4) is 0 Å². The molecular weight excluding hydrogens is 162 g/mol. The van der Waals surface area contributed by atoms with E-state index in [0.29, 0.717) is 0 Å². The molecule has 0 N–H and O–H groups in total. The Morgan fingerprint density at radius 2 is 2.23 bits per heavy atom. The first-order valence-electron chi connectivity index (χ1n) is 5.16. The van der Waals surface area contributed by atoms with Gasteiger partial charge in [0.15, 0.2) is 5.78 Å². The maximum absolute atomic E-state index is 11.4. The lowest BCUT2D eigenvalue weighted by atomic mass is 10.0. The molecule has 74 valence electrons. The number of nitrogens with zero attached hydrogens (tertiary/aromatic N) is 1. The molecule has 1 aliphatic rings. The van der Waals surface area contributed by atoms with Crippen LogP contribution in [-0.4, -0.2) is 30.3 Å². The van der Waals surface area contributed by atoms with Gasteiger partial charge in [-0.3, -0.25) is 9.69 Å². The summed E-state index contributed by atoms with van der Waals surface area (Å²) in [5.74, 6) is 0.454. The van der Waals surface area contributed by atoms with E-state index in [1.165, 1.54) is 19.5 Å². The van der Waals surface area contributed by atoms with Gasteiger partial charge in [0.25, 0.3) is 0 Å². The topological polar surface area (TPSA) is 20.3 Å². The Morgan fingerprint density at radius 3 is 2.69 bits per heavy atom. The maximum atomic E-state index is 11.4.